The molecular weight excluding hydrogens is 296 g/mol. The van der Waals surface area contributed by atoms with Gasteiger partial charge >= 0.3 is 0 Å². The Balaban J connectivity index is 2.52. The molecule has 7 nitrogen and oxygen atoms in total. The Hall–Kier alpha value is -2.44. The number of likely N-dealkylation sites (N-methyl/N-ethyl adjacent to an activating group) is 1. The molecule has 0 aliphatic rings. The second-order valence-electron chi connectivity index (χ2n) is 5.29. The summed E-state index contributed by atoms with van der Waals surface area (Å²) in [6.07, 6.45) is 4.70. The van der Waals surface area contributed by atoms with E-state index in [1.54, 1.807) is 31.5 Å². The van der Waals surface area contributed by atoms with Gasteiger partial charge in [-0.15, -0.1) is 0 Å². The second kappa shape index (κ2) is 9.55. The minimum Gasteiger partial charge on any atom is -0.357 e. The van der Waals surface area contributed by atoms with Crippen molar-refractivity contribution in [2.45, 2.75) is 45.2 Å². The molecule has 0 aliphatic carbocycles. The van der Waals surface area contributed by atoms with E-state index in [9.17, 15) is 14.4 Å². The molecule has 0 unspecified atom stereocenters. The van der Waals surface area contributed by atoms with Gasteiger partial charge in [0, 0.05) is 19.4 Å². The predicted molar refractivity (Wildman–Crippen MR) is 86.5 cm³/mol. The maximum atomic E-state index is 12.1. The highest BCUT2D eigenvalue weighted by atomic mass is 16.2. The number of carbonyl (C=O) groups excluding carboxylic acids is 3. The SMILES string of the molecule is CCC[C@@H](NC(=O)[C@H](C)NC(=O)Cc1ccncc1)C(=O)NC. The monoisotopic (exact) mass is 320 g/mol. The van der Waals surface area contributed by atoms with Crippen LogP contribution in [0.2, 0.25) is 0 Å². The first-order chi connectivity index (χ1) is 11.0. The molecule has 0 radical (unpaired) electrons. The summed E-state index contributed by atoms with van der Waals surface area (Å²) in [7, 11) is 1.52. The average Bonchev–Trinajstić information content (AvgIpc) is 2.54. The van der Waals surface area contributed by atoms with Crippen LogP contribution >= 0.6 is 0 Å². The summed E-state index contributed by atoms with van der Waals surface area (Å²) in [5, 5.41) is 7.81. The van der Waals surface area contributed by atoms with Crippen molar-refractivity contribution < 1.29 is 14.4 Å². The van der Waals surface area contributed by atoms with Crippen LogP contribution in [0, 0.1) is 0 Å². The number of carbonyl (C=O) groups is 3. The minimum absolute atomic E-state index is 0.175. The van der Waals surface area contributed by atoms with E-state index in [2.05, 4.69) is 20.9 Å². The van der Waals surface area contributed by atoms with Crippen LogP contribution in [-0.4, -0.2) is 41.8 Å². The molecule has 1 aromatic heterocycles. The van der Waals surface area contributed by atoms with Crippen molar-refractivity contribution >= 4 is 17.7 Å². The highest BCUT2D eigenvalue weighted by molar-refractivity contribution is 5.92. The van der Waals surface area contributed by atoms with Gasteiger partial charge in [0.1, 0.15) is 12.1 Å². The average molecular weight is 320 g/mol. The summed E-state index contributed by atoms with van der Waals surface area (Å²) < 4.78 is 0. The van der Waals surface area contributed by atoms with Crippen LogP contribution in [-0.2, 0) is 20.8 Å². The lowest BCUT2D eigenvalue weighted by atomic mass is 10.1. The first-order valence-electron chi connectivity index (χ1n) is 7.68. The largest absolute Gasteiger partial charge is 0.357 e. The van der Waals surface area contributed by atoms with E-state index in [0.29, 0.717) is 6.42 Å². The first-order valence-corrected chi connectivity index (χ1v) is 7.68. The predicted octanol–water partition coefficient (Wildman–Crippen LogP) is 0.160. The van der Waals surface area contributed by atoms with Gasteiger partial charge in [-0.3, -0.25) is 19.4 Å². The summed E-state index contributed by atoms with van der Waals surface area (Å²) in [6, 6.07) is 2.19. The number of hydrogen-bond donors (Lipinski definition) is 3. The fraction of sp³-hybridized carbons (Fsp3) is 0.500. The zero-order chi connectivity index (χ0) is 17.2. The number of pyridine rings is 1. The number of nitrogens with one attached hydrogen (secondary N) is 3. The molecule has 0 aliphatic heterocycles. The van der Waals surface area contributed by atoms with Crippen LogP contribution < -0.4 is 16.0 Å². The van der Waals surface area contributed by atoms with Crippen molar-refractivity contribution in [2.24, 2.45) is 0 Å². The molecule has 2 atom stereocenters. The molecule has 0 saturated carbocycles. The lowest BCUT2D eigenvalue weighted by Crippen LogP contribution is -2.52. The number of aromatic nitrogens is 1. The van der Waals surface area contributed by atoms with Crippen LogP contribution in [0.15, 0.2) is 24.5 Å². The zero-order valence-corrected chi connectivity index (χ0v) is 13.8. The van der Waals surface area contributed by atoms with Crippen molar-refractivity contribution in [1.29, 1.82) is 0 Å². The quantitative estimate of drug-likeness (QED) is 0.635. The summed E-state index contributed by atoms with van der Waals surface area (Å²) >= 11 is 0. The van der Waals surface area contributed by atoms with Gasteiger partial charge in [0.25, 0.3) is 0 Å². The molecule has 3 amide bonds. The molecule has 0 saturated heterocycles. The van der Waals surface area contributed by atoms with Crippen LogP contribution in [0.4, 0.5) is 0 Å². The zero-order valence-electron chi connectivity index (χ0n) is 13.8. The Bertz CT molecular complexity index is 533. The third-order valence-corrected chi connectivity index (χ3v) is 3.34. The van der Waals surface area contributed by atoms with Gasteiger partial charge in [0.05, 0.1) is 6.42 Å². The van der Waals surface area contributed by atoms with E-state index in [1.165, 1.54) is 7.05 Å². The molecule has 1 rings (SSSR count). The molecular formula is C16H24N4O3. The summed E-state index contributed by atoms with van der Waals surface area (Å²) in [5.74, 6) is -0.878. The highest BCUT2D eigenvalue weighted by Gasteiger charge is 2.22. The Labute approximate surface area is 136 Å². The van der Waals surface area contributed by atoms with Gasteiger partial charge in [-0.1, -0.05) is 13.3 Å². The fourth-order valence-corrected chi connectivity index (χ4v) is 2.07. The number of hydrogen-bond acceptors (Lipinski definition) is 4. The Morgan fingerprint density at radius 1 is 1.13 bits per heavy atom. The molecule has 3 N–H and O–H groups in total. The molecule has 0 bridgehead atoms. The Morgan fingerprint density at radius 3 is 2.35 bits per heavy atom. The third kappa shape index (κ3) is 6.46. The second-order valence-corrected chi connectivity index (χ2v) is 5.29. The lowest BCUT2D eigenvalue weighted by Gasteiger charge is -2.20. The van der Waals surface area contributed by atoms with E-state index < -0.39 is 12.1 Å². The highest BCUT2D eigenvalue weighted by Crippen LogP contribution is 2.00. The van der Waals surface area contributed by atoms with Gasteiger partial charge < -0.3 is 16.0 Å². The molecule has 126 valence electrons. The molecule has 1 heterocycles. The van der Waals surface area contributed by atoms with Crippen LogP contribution in [0.1, 0.15) is 32.3 Å². The maximum Gasteiger partial charge on any atom is 0.242 e. The van der Waals surface area contributed by atoms with Crippen molar-refractivity contribution in [2.75, 3.05) is 7.05 Å². The van der Waals surface area contributed by atoms with Crippen molar-refractivity contribution in [3.63, 3.8) is 0 Å². The van der Waals surface area contributed by atoms with Gasteiger partial charge in [0.15, 0.2) is 0 Å². The van der Waals surface area contributed by atoms with E-state index in [-0.39, 0.29) is 24.1 Å². The standard InChI is InChI=1S/C16H24N4O3/c1-4-5-13(16(23)17-3)20-15(22)11(2)19-14(21)10-12-6-8-18-9-7-12/h6-9,11,13H,4-5,10H2,1-3H3,(H,17,23)(H,19,21)(H,20,22)/t11-,13+/m0/s1. The molecule has 1 aromatic rings. The summed E-state index contributed by atoms with van der Waals surface area (Å²) in [4.78, 5) is 39.6. The normalized spacial score (nSPS) is 12.8. The molecule has 7 heteroatoms. The van der Waals surface area contributed by atoms with Crippen molar-refractivity contribution in [3.8, 4) is 0 Å². The molecule has 23 heavy (non-hydrogen) atoms. The van der Waals surface area contributed by atoms with Crippen LogP contribution in [0.5, 0.6) is 0 Å². The molecule has 0 spiro atoms. The van der Waals surface area contributed by atoms with Crippen molar-refractivity contribution in [1.82, 2.24) is 20.9 Å². The summed E-state index contributed by atoms with van der Waals surface area (Å²) in [6.45, 7) is 3.52. The van der Waals surface area contributed by atoms with E-state index in [1.807, 2.05) is 6.92 Å². The van der Waals surface area contributed by atoms with Crippen LogP contribution in [0.3, 0.4) is 0 Å². The van der Waals surface area contributed by atoms with Gasteiger partial charge in [0.2, 0.25) is 17.7 Å². The van der Waals surface area contributed by atoms with Gasteiger partial charge in [-0.2, -0.15) is 0 Å². The molecule has 0 aromatic carbocycles. The topological polar surface area (TPSA) is 100 Å². The van der Waals surface area contributed by atoms with Gasteiger partial charge in [-0.25, -0.2) is 0 Å². The molecule has 0 fully saturated rings. The third-order valence-electron chi connectivity index (χ3n) is 3.34. The van der Waals surface area contributed by atoms with Gasteiger partial charge in [-0.05, 0) is 31.0 Å². The van der Waals surface area contributed by atoms with Crippen LogP contribution in [0.25, 0.3) is 0 Å². The number of nitrogens with zero attached hydrogens (tertiary/aromatic N) is 1. The Kier molecular flexibility index (Phi) is 7.73. The smallest absolute Gasteiger partial charge is 0.242 e. The maximum absolute atomic E-state index is 12.1. The number of rotatable bonds is 8. The summed E-state index contributed by atoms with van der Waals surface area (Å²) in [5.41, 5.74) is 0.819. The number of amides is 3. The lowest BCUT2D eigenvalue weighted by molar-refractivity contribution is -0.131. The minimum atomic E-state index is -0.714. The first kappa shape index (κ1) is 18.6. The Morgan fingerprint density at radius 2 is 1.78 bits per heavy atom. The van der Waals surface area contributed by atoms with E-state index in [0.717, 1.165) is 12.0 Å². The van der Waals surface area contributed by atoms with E-state index in [4.69, 9.17) is 0 Å². The van der Waals surface area contributed by atoms with E-state index >= 15 is 0 Å². The van der Waals surface area contributed by atoms with Crippen molar-refractivity contribution in [3.05, 3.63) is 30.1 Å². The fourth-order valence-electron chi connectivity index (χ4n) is 2.07.